The number of nitrogens with zero attached hydrogens (tertiary/aromatic N) is 2. The van der Waals surface area contributed by atoms with Crippen LogP contribution in [0.3, 0.4) is 0 Å². The fraction of sp³-hybridized carbons (Fsp3) is 0.786. The van der Waals surface area contributed by atoms with Gasteiger partial charge >= 0.3 is 0 Å². The van der Waals surface area contributed by atoms with Crippen molar-refractivity contribution in [1.29, 1.82) is 0 Å². The van der Waals surface area contributed by atoms with E-state index in [4.69, 9.17) is 11.6 Å². The largest absolute Gasteiger partial charge is 0.315 e. The van der Waals surface area contributed by atoms with E-state index < -0.39 is 9.84 Å². The molecule has 2 unspecified atom stereocenters. The molecule has 5 nitrogen and oxygen atoms in total. The first-order valence-corrected chi connectivity index (χ1v) is 9.59. The van der Waals surface area contributed by atoms with E-state index in [2.05, 4.69) is 10.4 Å². The number of likely N-dealkylation sites (N-methyl/N-ethyl adjacent to an activating group) is 1. The SMILES string of the molecule is CCc1nn(C)c(CC(NC)C2CCCCS2(=O)=O)c1Cl. The molecule has 0 radical (unpaired) electrons. The highest BCUT2D eigenvalue weighted by molar-refractivity contribution is 7.92. The van der Waals surface area contributed by atoms with Gasteiger partial charge < -0.3 is 5.32 Å². The first-order chi connectivity index (χ1) is 9.90. The monoisotopic (exact) mass is 333 g/mol. The van der Waals surface area contributed by atoms with E-state index in [9.17, 15) is 8.42 Å². The zero-order chi connectivity index (χ0) is 15.6. The lowest BCUT2D eigenvalue weighted by Gasteiger charge is -2.30. The van der Waals surface area contributed by atoms with Crippen LogP contribution in [0.4, 0.5) is 0 Å². The third-order valence-electron chi connectivity index (χ3n) is 4.36. The standard InChI is InChI=1S/C14H24ClN3O2S/c1-4-10-14(15)12(18(3)17-10)9-11(16-2)13-7-5-6-8-21(13,19)20/h11,13,16H,4-9H2,1-3H3. The number of halogens is 1. The molecule has 1 aliphatic heterocycles. The van der Waals surface area contributed by atoms with Gasteiger partial charge in [0, 0.05) is 19.5 Å². The second-order valence-corrected chi connectivity index (χ2v) is 8.40. The van der Waals surface area contributed by atoms with Crippen molar-refractivity contribution in [3.8, 4) is 0 Å². The molecule has 0 bridgehead atoms. The summed E-state index contributed by atoms with van der Waals surface area (Å²) in [7, 11) is 0.668. The second kappa shape index (κ2) is 6.67. The second-order valence-electron chi connectivity index (χ2n) is 5.69. The summed E-state index contributed by atoms with van der Waals surface area (Å²) in [5.41, 5.74) is 1.78. The van der Waals surface area contributed by atoms with E-state index in [0.717, 1.165) is 37.1 Å². The minimum atomic E-state index is -3.01. The van der Waals surface area contributed by atoms with Crippen molar-refractivity contribution in [2.75, 3.05) is 12.8 Å². The van der Waals surface area contributed by atoms with E-state index in [-0.39, 0.29) is 11.3 Å². The van der Waals surface area contributed by atoms with Crippen molar-refractivity contribution in [2.24, 2.45) is 7.05 Å². The molecule has 2 rings (SSSR count). The van der Waals surface area contributed by atoms with Crippen molar-refractivity contribution in [3.63, 3.8) is 0 Å². The van der Waals surface area contributed by atoms with Crippen LogP contribution in [-0.2, 0) is 29.7 Å². The van der Waals surface area contributed by atoms with Gasteiger partial charge in [-0.25, -0.2) is 8.42 Å². The minimum Gasteiger partial charge on any atom is -0.315 e. The third-order valence-corrected chi connectivity index (χ3v) is 7.15. The average Bonchev–Trinajstić information content (AvgIpc) is 2.71. The fourth-order valence-corrected chi connectivity index (χ4v) is 5.64. The molecule has 2 atom stereocenters. The summed E-state index contributed by atoms with van der Waals surface area (Å²) in [6, 6.07) is -0.118. The van der Waals surface area contributed by atoms with Gasteiger partial charge in [0.1, 0.15) is 0 Å². The molecule has 1 saturated heterocycles. The highest BCUT2D eigenvalue weighted by Crippen LogP contribution is 2.27. The zero-order valence-corrected chi connectivity index (χ0v) is 14.5. The van der Waals surface area contributed by atoms with Crippen LogP contribution < -0.4 is 5.32 Å². The Morgan fingerprint density at radius 2 is 2.19 bits per heavy atom. The van der Waals surface area contributed by atoms with Crippen LogP contribution in [0.5, 0.6) is 0 Å². The summed E-state index contributed by atoms with van der Waals surface area (Å²) in [6.45, 7) is 2.01. The van der Waals surface area contributed by atoms with Gasteiger partial charge in [0.25, 0.3) is 0 Å². The predicted octanol–water partition coefficient (Wildman–Crippen LogP) is 1.73. The molecular weight excluding hydrogens is 310 g/mol. The van der Waals surface area contributed by atoms with Crippen molar-refractivity contribution in [1.82, 2.24) is 15.1 Å². The topological polar surface area (TPSA) is 64.0 Å². The molecule has 2 heterocycles. The lowest BCUT2D eigenvalue weighted by atomic mass is 10.0. The molecule has 1 aliphatic rings. The zero-order valence-electron chi connectivity index (χ0n) is 12.9. The molecular formula is C14H24ClN3O2S. The summed E-state index contributed by atoms with van der Waals surface area (Å²) < 4.78 is 26.4. The average molecular weight is 334 g/mol. The number of nitrogens with one attached hydrogen (secondary N) is 1. The number of hydrogen-bond acceptors (Lipinski definition) is 4. The molecule has 7 heteroatoms. The van der Waals surface area contributed by atoms with Crippen LogP contribution >= 0.6 is 11.6 Å². The molecule has 1 fully saturated rings. The summed E-state index contributed by atoms with van der Waals surface area (Å²) in [5, 5.41) is 7.93. The first kappa shape index (κ1) is 16.8. The van der Waals surface area contributed by atoms with E-state index in [0.29, 0.717) is 17.2 Å². The summed E-state index contributed by atoms with van der Waals surface area (Å²) >= 11 is 6.38. The van der Waals surface area contributed by atoms with Crippen molar-refractivity contribution >= 4 is 21.4 Å². The Kier molecular flexibility index (Phi) is 5.33. The summed E-state index contributed by atoms with van der Waals surface area (Å²) in [5.74, 6) is 0.301. The van der Waals surface area contributed by atoms with Gasteiger partial charge in [0.05, 0.1) is 27.4 Å². The molecule has 1 N–H and O–H groups in total. The first-order valence-electron chi connectivity index (χ1n) is 7.49. The molecule has 0 saturated carbocycles. The van der Waals surface area contributed by atoms with Gasteiger partial charge in [-0.3, -0.25) is 4.68 Å². The summed E-state index contributed by atoms with van der Waals surface area (Å²) in [6.07, 6.45) is 3.84. The van der Waals surface area contributed by atoms with Gasteiger partial charge in [-0.2, -0.15) is 5.10 Å². The van der Waals surface area contributed by atoms with Crippen LogP contribution in [0, 0.1) is 0 Å². The van der Waals surface area contributed by atoms with Gasteiger partial charge in [0.15, 0.2) is 9.84 Å². The molecule has 120 valence electrons. The van der Waals surface area contributed by atoms with E-state index in [1.165, 1.54) is 0 Å². The number of hydrogen-bond donors (Lipinski definition) is 1. The quantitative estimate of drug-likeness (QED) is 0.891. The molecule has 21 heavy (non-hydrogen) atoms. The van der Waals surface area contributed by atoms with E-state index in [1.54, 1.807) is 4.68 Å². The lowest BCUT2D eigenvalue weighted by Crippen LogP contribution is -2.46. The van der Waals surface area contributed by atoms with Crippen LogP contribution in [0.1, 0.15) is 37.6 Å². The number of aromatic nitrogens is 2. The van der Waals surface area contributed by atoms with Crippen molar-refractivity contribution < 1.29 is 8.42 Å². The molecule has 0 aromatic carbocycles. The Morgan fingerprint density at radius 1 is 1.48 bits per heavy atom. The Bertz CT molecular complexity index is 598. The molecule has 0 aliphatic carbocycles. The molecule has 0 amide bonds. The van der Waals surface area contributed by atoms with Crippen molar-refractivity contribution in [3.05, 3.63) is 16.4 Å². The highest BCUT2D eigenvalue weighted by Gasteiger charge is 2.35. The maximum absolute atomic E-state index is 12.3. The summed E-state index contributed by atoms with van der Waals surface area (Å²) in [4.78, 5) is 0. The third kappa shape index (κ3) is 3.43. The molecule has 1 aromatic heterocycles. The maximum Gasteiger partial charge on any atom is 0.154 e. The maximum atomic E-state index is 12.3. The van der Waals surface area contributed by atoms with E-state index >= 15 is 0 Å². The Balaban J connectivity index is 2.25. The Hall–Kier alpha value is -0.590. The van der Waals surface area contributed by atoms with Crippen molar-refractivity contribution in [2.45, 2.75) is 50.3 Å². The van der Waals surface area contributed by atoms with Gasteiger partial charge in [0.2, 0.25) is 0 Å². The highest BCUT2D eigenvalue weighted by atomic mass is 35.5. The smallest absolute Gasteiger partial charge is 0.154 e. The lowest BCUT2D eigenvalue weighted by molar-refractivity contribution is 0.448. The fourth-order valence-electron chi connectivity index (χ4n) is 3.10. The van der Waals surface area contributed by atoms with Gasteiger partial charge in [-0.05, 0) is 26.3 Å². The van der Waals surface area contributed by atoms with Gasteiger partial charge in [-0.15, -0.1) is 0 Å². The van der Waals surface area contributed by atoms with Crippen LogP contribution in [0.2, 0.25) is 5.02 Å². The van der Waals surface area contributed by atoms with Crippen LogP contribution in [0.25, 0.3) is 0 Å². The van der Waals surface area contributed by atoms with E-state index in [1.807, 2.05) is 21.0 Å². The number of aryl methyl sites for hydroxylation is 2. The van der Waals surface area contributed by atoms with Crippen LogP contribution in [-0.4, -0.2) is 42.3 Å². The van der Waals surface area contributed by atoms with Gasteiger partial charge in [-0.1, -0.05) is 24.9 Å². The normalized spacial score (nSPS) is 23.1. The number of sulfone groups is 1. The van der Waals surface area contributed by atoms with Crippen LogP contribution in [0.15, 0.2) is 0 Å². The predicted molar refractivity (Wildman–Crippen MR) is 85.6 cm³/mol. The number of rotatable bonds is 5. The Labute approximate surface area is 132 Å². The minimum absolute atomic E-state index is 0.118. The molecule has 0 spiro atoms. The Morgan fingerprint density at radius 3 is 2.71 bits per heavy atom. The molecule has 1 aromatic rings.